The SMILES string of the molecule is O=C(CC1CCCN1S(=O)(=O)c1cccc(Cl)c1)NC12CC3CC(CC(C3)C1)C2. The molecule has 4 aliphatic carbocycles. The maximum atomic E-state index is 13.1. The topological polar surface area (TPSA) is 66.5 Å². The highest BCUT2D eigenvalue weighted by atomic mass is 35.5. The lowest BCUT2D eigenvalue weighted by molar-refractivity contribution is -0.127. The third-order valence-corrected chi connectivity index (χ3v) is 9.77. The average Bonchev–Trinajstić information content (AvgIpc) is 3.08. The number of carbonyl (C=O) groups excluding carboxylic acids is 1. The summed E-state index contributed by atoms with van der Waals surface area (Å²) in [5.74, 6) is 2.33. The normalized spacial score (nSPS) is 36.4. The Hall–Kier alpha value is -1.11. The summed E-state index contributed by atoms with van der Waals surface area (Å²) in [5.41, 5.74) is -0.0267. The van der Waals surface area contributed by atoms with Gasteiger partial charge in [-0.1, -0.05) is 17.7 Å². The van der Waals surface area contributed by atoms with Gasteiger partial charge in [0.15, 0.2) is 0 Å². The summed E-state index contributed by atoms with van der Waals surface area (Å²) in [5, 5.41) is 3.79. The molecule has 5 aliphatic rings. The number of nitrogens with zero attached hydrogens (tertiary/aromatic N) is 1. The van der Waals surface area contributed by atoms with Crippen molar-refractivity contribution in [3.63, 3.8) is 0 Å². The van der Waals surface area contributed by atoms with Crippen molar-refractivity contribution < 1.29 is 13.2 Å². The Morgan fingerprint density at radius 3 is 2.41 bits per heavy atom. The maximum Gasteiger partial charge on any atom is 0.243 e. The van der Waals surface area contributed by atoms with Gasteiger partial charge >= 0.3 is 0 Å². The third-order valence-electron chi connectivity index (χ3n) is 7.59. The number of carbonyl (C=O) groups is 1. The lowest BCUT2D eigenvalue weighted by atomic mass is 9.53. The molecule has 0 radical (unpaired) electrons. The van der Waals surface area contributed by atoms with Gasteiger partial charge in [0.05, 0.1) is 4.90 Å². The smallest absolute Gasteiger partial charge is 0.243 e. The van der Waals surface area contributed by atoms with Crippen molar-refractivity contribution in [1.82, 2.24) is 9.62 Å². The van der Waals surface area contributed by atoms with Crippen LogP contribution in [0.5, 0.6) is 0 Å². The van der Waals surface area contributed by atoms with Crippen molar-refractivity contribution in [2.75, 3.05) is 6.54 Å². The maximum absolute atomic E-state index is 13.1. The molecule has 5 nitrogen and oxygen atoms in total. The standard InChI is InChI=1S/C22H29ClN2O3S/c23-18-3-1-5-20(10-18)29(27,28)25-6-2-4-19(25)11-21(26)24-22-12-15-7-16(13-22)9-17(8-15)14-22/h1,3,5,10,15-17,19H,2,4,6-9,11-14H2,(H,24,26). The molecular formula is C22H29ClN2O3S. The van der Waals surface area contributed by atoms with E-state index in [1.807, 2.05) is 0 Å². The van der Waals surface area contributed by atoms with E-state index in [1.54, 1.807) is 18.2 Å². The minimum absolute atomic E-state index is 0.0187. The number of rotatable bonds is 5. The van der Waals surface area contributed by atoms with Crippen LogP contribution < -0.4 is 5.32 Å². The summed E-state index contributed by atoms with van der Waals surface area (Å²) >= 11 is 6.00. The van der Waals surface area contributed by atoms with Gasteiger partial charge in [-0.15, -0.1) is 0 Å². The van der Waals surface area contributed by atoms with Crippen LogP contribution in [0, 0.1) is 17.8 Å². The van der Waals surface area contributed by atoms with Gasteiger partial charge in [-0.25, -0.2) is 8.42 Å². The third kappa shape index (κ3) is 3.72. The zero-order valence-electron chi connectivity index (χ0n) is 16.6. The molecule has 1 N–H and O–H groups in total. The number of sulfonamides is 1. The second kappa shape index (κ2) is 7.24. The van der Waals surface area contributed by atoms with Crippen molar-refractivity contribution in [2.24, 2.45) is 17.8 Å². The Labute approximate surface area is 178 Å². The highest BCUT2D eigenvalue weighted by Gasteiger charge is 2.51. The molecular weight excluding hydrogens is 408 g/mol. The summed E-state index contributed by atoms with van der Waals surface area (Å²) < 4.78 is 27.8. The fraction of sp³-hybridized carbons (Fsp3) is 0.682. The number of hydrogen-bond acceptors (Lipinski definition) is 3. The van der Waals surface area contributed by atoms with Gasteiger partial charge in [0.2, 0.25) is 15.9 Å². The van der Waals surface area contributed by atoms with E-state index in [1.165, 1.54) is 29.6 Å². The molecule has 4 bridgehead atoms. The molecule has 4 saturated carbocycles. The monoisotopic (exact) mass is 436 g/mol. The Morgan fingerprint density at radius 2 is 1.79 bits per heavy atom. The Balaban J connectivity index is 1.28. The van der Waals surface area contributed by atoms with Gasteiger partial charge in [0.1, 0.15) is 0 Å². The first kappa shape index (κ1) is 19.8. The first-order valence-corrected chi connectivity index (χ1v) is 12.7. The van der Waals surface area contributed by atoms with Crippen molar-refractivity contribution in [1.29, 1.82) is 0 Å². The van der Waals surface area contributed by atoms with E-state index >= 15 is 0 Å². The van der Waals surface area contributed by atoms with Crippen LogP contribution in [-0.4, -0.2) is 36.8 Å². The van der Waals surface area contributed by atoms with E-state index in [2.05, 4.69) is 5.32 Å². The fourth-order valence-electron chi connectivity index (χ4n) is 6.92. The second-order valence-electron chi connectivity index (χ2n) is 9.82. The number of amides is 1. The second-order valence-corrected chi connectivity index (χ2v) is 12.1. The van der Waals surface area contributed by atoms with Gasteiger partial charge in [0.25, 0.3) is 0 Å². The molecule has 29 heavy (non-hydrogen) atoms. The van der Waals surface area contributed by atoms with Gasteiger partial charge in [-0.05, 0) is 87.3 Å². The Morgan fingerprint density at radius 1 is 1.14 bits per heavy atom. The van der Waals surface area contributed by atoms with Crippen molar-refractivity contribution in [2.45, 2.75) is 74.3 Å². The minimum Gasteiger partial charge on any atom is -0.351 e. The summed E-state index contributed by atoms with van der Waals surface area (Å²) in [6.45, 7) is 0.462. The van der Waals surface area contributed by atoms with E-state index in [9.17, 15) is 13.2 Å². The Kier molecular flexibility index (Phi) is 4.95. The lowest BCUT2D eigenvalue weighted by Gasteiger charge is -2.57. The van der Waals surface area contributed by atoms with Gasteiger partial charge in [-0.2, -0.15) is 4.31 Å². The zero-order valence-corrected chi connectivity index (χ0v) is 18.2. The zero-order chi connectivity index (χ0) is 20.2. The van der Waals surface area contributed by atoms with Crippen LogP contribution >= 0.6 is 11.6 Å². The number of halogens is 1. The number of nitrogens with one attached hydrogen (secondary N) is 1. The van der Waals surface area contributed by atoms with Gasteiger partial charge in [-0.3, -0.25) is 4.79 Å². The number of hydrogen-bond donors (Lipinski definition) is 1. The van der Waals surface area contributed by atoms with Crippen LogP contribution in [0.25, 0.3) is 0 Å². The van der Waals surface area contributed by atoms with E-state index in [4.69, 9.17) is 11.6 Å². The molecule has 5 fully saturated rings. The molecule has 1 aliphatic heterocycles. The minimum atomic E-state index is -3.64. The average molecular weight is 437 g/mol. The lowest BCUT2D eigenvalue weighted by Crippen LogP contribution is -2.60. The van der Waals surface area contributed by atoms with Crippen LogP contribution in [-0.2, 0) is 14.8 Å². The van der Waals surface area contributed by atoms with Crippen LogP contribution in [0.2, 0.25) is 5.02 Å². The molecule has 0 spiro atoms. The van der Waals surface area contributed by atoms with E-state index in [0.717, 1.165) is 49.9 Å². The predicted octanol–water partition coefficient (Wildman–Crippen LogP) is 3.97. The largest absolute Gasteiger partial charge is 0.351 e. The molecule has 1 aromatic carbocycles. The van der Waals surface area contributed by atoms with Crippen LogP contribution in [0.1, 0.15) is 57.8 Å². The molecule has 1 amide bonds. The molecule has 1 heterocycles. The summed E-state index contributed by atoms with van der Waals surface area (Å²) in [7, 11) is -3.64. The van der Waals surface area contributed by atoms with E-state index < -0.39 is 10.0 Å². The highest BCUT2D eigenvalue weighted by molar-refractivity contribution is 7.89. The van der Waals surface area contributed by atoms with Crippen LogP contribution in [0.4, 0.5) is 0 Å². The van der Waals surface area contributed by atoms with Crippen molar-refractivity contribution in [3.8, 4) is 0 Å². The van der Waals surface area contributed by atoms with E-state index in [0.29, 0.717) is 11.6 Å². The summed E-state index contributed by atoms with van der Waals surface area (Å²) in [6, 6.07) is 6.11. The molecule has 1 saturated heterocycles. The van der Waals surface area contributed by atoms with Crippen LogP contribution in [0.15, 0.2) is 29.2 Å². The summed E-state index contributed by atoms with van der Waals surface area (Å²) in [4.78, 5) is 13.2. The molecule has 158 valence electrons. The number of benzene rings is 1. The van der Waals surface area contributed by atoms with E-state index in [-0.39, 0.29) is 28.8 Å². The molecule has 1 aromatic rings. The molecule has 6 rings (SSSR count). The van der Waals surface area contributed by atoms with Crippen molar-refractivity contribution in [3.05, 3.63) is 29.3 Å². The molecule has 1 unspecified atom stereocenters. The molecule has 7 heteroatoms. The fourth-order valence-corrected chi connectivity index (χ4v) is 8.91. The first-order chi connectivity index (χ1) is 13.8. The molecule has 0 aromatic heterocycles. The van der Waals surface area contributed by atoms with Crippen molar-refractivity contribution >= 4 is 27.5 Å². The van der Waals surface area contributed by atoms with Gasteiger partial charge < -0.3 is 5.32 Å². The van der Waals surface area contributed by atoms with Gasteiger partial charge in [0, 0.05) is 29.6 Å². The van der Waals surface area contributed by atoms with Crippen LogP contribution in [0.3, 0.4) is 0 Å². The highest BCUT2D eigenvalue weighted by Crippen LogP contribution is 2.55. The first-order valence-electron chi connectivity index (χ1n) is 10.9. The summed E-state index contributed by atoms with van der Waals surface area (Å²) in [6.07, 6.45) is 9.11. The predicted molar refractivity (Wildman–Crippen MR) is 112 cm³/mol. The quantitative estimate of drug-likeness (QED) is 0.759. The molecule has 1 atom stereocenters. The Bertz CT molecular complexity index is 881.